The van der Waals surface area contributed by atoms with E-state index in [1.165, 1.54) is 0 Å². The Morgan fingerprint density at radius 3 is 2.69 bits per heavy atom. The third-order valence-corrected chi connectivity index (χ3v) is 5.67. The van der Waals surface area contributed by atoms with Crippen molar-refractivity contribution in [2.45, 2.75) is 31.9 Å². The summed E-state index contributed by atoms with van der Waals surface area (Å²) < 4.78 is 32.3. The molecule has 3 N–H and O–H groups in total. The minimum atomic E-state index is -3.35. The number of nitrogens with one attached hydrogen (secondary N) is 3. The fraction of sp³-hybridized carbons (Fsp3) is 0.588. The molecule has 1 aromatic carbocycles. The van der Waals surface area contributed by atoms with Crippen molar-refractivity contribution in [2.24, 2.45) is 4.99 Å². The zero-order valence-electron chi connectivity index (χ0n) is 15.0. The highest BCUT2D eigenvalue weighted by Gasteiger charge is 2.17. The van der Waals surface area contributed by atoms with Crippen molar-refractivity contribution in [3.63, 3.8) is 0 Å². The topological polar surface area (TPSA) is 91.8 Å². The highest BCUT2D eigenvalue weighted by atomic mass is 35.5. The average Bonchev–Trinajstić information content (AvgIpc) is 2.65. The lowest BCUT2D eigenvalue weighted by Gasteiger charge is -2.22. The van der Waals surface area contributed by atoms with Gasteiger partial charge >= 0.3 is 0 Å². The number of benzene rings is 1. The summed E-state index contributed by atoms with van der Waals surface area (Å²) in [5.41, 5.74) is 1.05. The molecule has 0 spiro atoms. The number of guanidine groups is 1. The summed E-state index contributed by atoms with van der Waals surface area (Å²) in [6.45, 7) is 1.89. The molecule has 1 saturated heterocycles. The fourth-order valence-electron chi connectivity index (χ4n) is 2.57. The number of rotatable bonds is 8. The van der Waals surface area contributed by atoms with Gasteiger partial charge in [0.15, 0.2) is 5.96 Å². The zero-order valence-corrected chi connectivity index (χ0v) is 16.6. The van der Waals surface area contributed by atoms with Crippen molar-refractivity contribution in [1.29, 1.82) is 0 Å². The Labute approximate surface area is 160 Å². The van der Waals surface area contributed by atoms with Crippen LogP contribution in [0.5, 0.6) is 0 Å². The molecule has 0 aliphatic carbocycles. The van der Waals surface area contributed by atoms with Gasteiger partial charge < -0.3 is 15.4 Å². The van der Waals surface area contributed by atoms with Gasteiger partial charge in [0.05, 0.1) is 11.9 Å². The zero-order chi connectivity index (χ0) is 18.8. The number of hydrogen-bond donors (Lipinski definition) is 3. The SMILES string of the molecule is CN=C(NCCS(=O)(=O)NCC1CCCCO1)NCc1ccc(Cl)cc1. The molecule has 1 heterocycles. The van der Waals surface area contributed by atoms with Crippen LogP contribution in [0.3, 0.4) is 0 Å². The van der Waals surface area contributed by atoms with Crippen molar-refractivity contribution in [3.8, 4) is 0 Å². The van der Waals surface area contributed by atoms with Crippen LogP contribution in [0.2, 0.25) is 5.02 Å². The van der Waals surface area contributed by atoms with Crippen LogP contribution in [-0.4, -0.2) is 53.0 Å². The van der Waals surface area contributed by atoms with Crippen molar-refractivity contribution in [2.75, 3.05) is 32.5 Å². The Kier molecular flexibility index (Phi) is 8.64. The van der Waals surface area contributed by atoms with Gasteiger partial charge in [0, 0.05) is 38.3 Å². The highest BCUT2D eigenvalue weighted by Crippen LogP contribution is 2.12. The highest BCUT2D eigenvalue weighted by molar-refractivity contribution is 7.89. The van der Waals surface area contributed by atoms with Gasteiger partial charge in [0.1, 0.15) is 0 Å². The van der Waals surface area contributed by atoms with Crippen LogP contribution in [0.25, 0.3) is 0 Å². The van der Waals surface area contributed by atoms with Crippen LogP contribution < -0.4 is 15.4 Å². The smallest absolute Gasteiger partial charge is 0.213 e. The molecule has 26 heavy (non-hydrogen) atoms. The molecule has 0 saturated carbocycles. The van der Waals surface area contributed by atoms with E-state index in [9.17, 15) is 8.42 Å². The monoisotopic (exact) mass is 402 g/mol. The van der Waals surface area contributed by atoms with Gasteiger partial charge in [-0.05, 0) is 37.0 Å². The first-order valence-electron chi connectivity index (χ1n) is 8.76. The second-order valence-corrected chi connectivity index (χ2v) is 8.50. The molecule has 1 unspecified atom stereocenters. The lowest BCUT2D eigenvalue weighted by Crippen LogP contribution is -2.42. The Balaban J connectivity index is 1.67. The number of aliphatic imine (C=N–C) groups is 1. The molecule has 2 rings (SSSR count). The standard InChI is InChI=1S/C17H27ClN4O3S/c1-19-17(21-12-14-5-7-15(18)8-6-14)20-9-11-26(23,24)22-13-16-4-2-3-10-25-16/h5-8,16,22H,2-4,9-13H2,1H3,(H2,19,20,21). The van der Waals surface area contributed by atoms with Gasteiger partial charge in [-0.15, -0.1) is 0 Å². The maximum Gasteiger partial charge on any atom is 0.213 e. The maximum absolute atomic E-state index is 12.1. The third-order valence-electron chi connectivity index (χ3n) is 4.06. The summed E-state index contributed by atoms with van der Waals surface area (Å²) >= 11 is 5.86. The molecule has 0 radical (unpaired) electrons. The van der Waals surface area contributed by atoms with Crippen LogP contribution in [-0.2, 0) is 21.3 Å². The number of nitrogens with zero attached hydrogens (tertiary/aromatic N) is 1. The quantitative estimate of drug-likeness (QED) is 0.452. The fourth-order valence-corrected chi connectivity index (χ4v) is 3.65. The Morgan fingerprint density at radius 2 is 2.04 bits per heavy atom. The number of ether oxygens (including phenoxy) is 1. The third kappa shape index (κ3) is 7.90. The minimum Gasteiger partial charge on any atom is -0.377 e. The van der Waals surface area contributed by atoms with Crippen LogP contribution in [0, 0.1) is 0 Å². The van der Waals surface area contributed by atoms with Crippen LogP contribution in [0.1, 0.15) is 24.8 Å². The van der Waals surface area contributed by atoms with Gasteiger partial charge in [-0.1, -0.05) is 23.7 Å². The second kappa shape index (κ2) is 10.7. The summed E-state index contributed by atoms with van der Waals surface area (Å²) in [5.74, 6) is 0.521. The average molecular weight is 403 g/mol. The normalized spacial score (nSPS) is 18.5. The molecule has 0 aromatic heterocycles. The molecule has 0 bridgehead atoms. The van der Waals surface area contributed by atoms with Crippen LogP contribution in [0.4, 0.5) is 0 Å². The van der Waals surface area contributed by atoms with E-state index >= 15 is 0 Å². The summed E-state index contributed by atoms with van der Waals surface area (Å²) in [7, 11) is -1.70. The Hall–Kier alpha value is -1.35. The molecule has 9 heteroatoms. The van der Waals surface area contributed by atoms with E-state index in [0.717, 1.165) is 24.8 Å². The van der Waals surface area contributed by atoms with Crippen LogP contribution in [0.15, 0.2) is 29.3 Å². The number of halogens is 1. The van der Waals surface area contributed by atoms with E-state index in [1.54, 1.807) is 7.05 Å². The van der Waals surface area contributed by atoms with Gasteiger partial charge in [-0.25, -0.2) is 13.1 Å². The van der Waals surface area contributed by atoms with Gasteiger partial charge in [0.2, 0.25) is 10.0 Å². The number of sulfonamides is 1. The molecular weight excluding hydrogens is 376 g/mol. The van der Waals surface area contributed by atoms with Gasteiger partial charge in [0.25, 0.3) is 0 Å². The molecule has 1 atom stereocenters. The molecule has 7 nitrogen and oxygen atoms in total. The van der Waals surface area contributed by atoms with E-state index in [0.29, 0.717) is 30.7 Å². The van der Waals surface area contributed by atoms with Crippen molar-refractivity contribution in [3.05, 3.63) is 34.9 Å². The van der Waals surface area contributed by atoms with Crippen molar-refractivity contribution >= 4 is 27.6 Å². The largest absolute Gasteiger partial charge is 0.377 e. The first kappa shape index (κ1) is 21.0. The molecule has 0 amide bonds. The van der Waals surface area contributed by atoms with E-state index in [2.05, 4.69) is 20.3 Å². The summed E-state index contributed by atoms with van der Waals surface area (Å²) in [4.78, 5) is 4.09. The maximum atomic E-state index is 12.1. The molecule has 1 aliphatic rings. The predicted octanol–water partition coefficient (Wildman–Crippen LogP) is 1.49. The lowest BCUT2D eigenvalue weighted by atomic mass is 10.1. The Bertz CT molecular complexity index is 674. The summed E-state index contributed by atoms with van der Waals surface area (Å²) in [6, 6.07) is 7.49. The van der Waals surface area contributed by atoms with E-state index < -0.39 is 10.0 Å². The second-order valence-electron chi connectivity index (χ2n) is 6.13. The first-order chi connectivity index (χ1) is 12.5. The van der Waals surface area contributed by atoms with Crippen molar-refractivity contribution < 1.29 is 13.2 Å². The van der Waals surface area contributed by atoms with Gasteiger partial charge in [-0.2, -0.15) is 0 Å². The summed E-state index contributed by atoms with van der Waals surface area (Å²) in [5, 5.41) is 6.83. The van der Waals surface area contributed by atoms with Gasteiger partial charge in [-0.3, -0.25) is 4.99 Å². The molecule has 1 aliphatic heterocycles. The first-order valence-corrected chi connectivity index (χ1v) is 10.8. The minimum absolute atomic E-state index is 0.0136. The van der Waals surface area contributed by atoms with E-state index in [4.69, 9.17) is 16.3 Å². The summed E-state index contributed by atoms with van der Waals surface area (Å²) in [6.07, 6.45) is 3.03. The van der Waals surface area contributed by atoms with E-state index in [-0.39, 0.29) is 18.4 Å². The predicted molar refractivity (Wildman–Crippen MR) is 105 cm³/mol. The van der Waals surface area contributed by atoms with Crippen LogP contribution >= 0.6 is 11.6 Å². The lowest BCUT2D eigenvalue weighted by molar-refractivity contribution is 0.0200. The molecule has 146 valence electrons. The molecule has 1 aromatic rings. The Morgan fingerprint density at radius 1 is 1.27 bits per heavy atom. The number of hydrogen-bond acceptors (Lipinski definition) is 4. The molecule has 1 fully saturated rings. The van der Waals surface area contributed by atoms with Crippen molar-refractivity contribution in [1.82, 2.24) is 15.4 Å². The van der Waals surface area contributed by atoms with E-state index in [1.807, 2.05) is 24.3 Å². The molecular formula is C17H27ClN4O3S.